The van der Waals surface area contributed by atoms with E-state index in [0.717, 1.165) is 12.8 Å². The van der Waals surface area contributed by atoms with Gasteiger partial charge in [-0.05, 0) is 38.5 Å². The molecule has 2 atom stereocenters. The number of nitrogens with one attached hydrogen (secondary N) is 1. The zero-order valence-corrected chi connectivity index (χ0v) is 11.9. The molecule has 4 heteroatoms. The van der Waals surface area contributed by atoms with E-state index in [4.69, 9.17) is 4.74 Å². The van der Waals surface area contributed by atoms with Crippen molar-refractivity contribution in [1.82, 2.24) is 5.32 Å². The fourth-order valence-corrected chi connectivity index (χ4v) is 2.84. The Morgan fingerprint density at radius 1 is 1.21 bits per heavy atom. The second kappa shape index (κ2) is 7.25. The van der Waals surface area contributed by atoms with E-state index in [1.165, 1.54) is 38.5 Å². The molecule has 0 aromatic heterocycles. The first-order valence-electron chi connectivity index (χ1n) is 7.78. The molecule has 2 rings (SSSR count). The van der Waals surface area contributed by atoms with E-state index in [9.17, 15) is 9.90 Å². The SMILES string of the molecule is CC(OC1CCCCC1)C(O)C(=O)NCC1CCC1. The minimum Gasteiger partial charge on any atom is -0.381 e. The molecule has 0 aromatic rings. The molecule has 0 aliphatic heterocycles. The second-order valence-electron chi connectivity index (χ2n) is 6.09. The maximum atomic E-state index is 11.8. The molecule has 110 valence electrons. The summed E-state index contributed by atoms with van der Waals surface area (Å²) in [7, 11) is 0. The molecule has 0 heterocycles. The van der Waals surface area contributed by atoms with Crippen LogP contribution in [0.25, 0.3) is 0 Å². The zero-order valence-electron chi connectivity index (χ0n) is 11.9. The van der Waals surface area contributed by atoms with Gasteiger partial charge in [-0.2, -0.15) is 0 Å². The quantitative estimate of drug-likeness (QED) is 0.775. The fourth-order valence-electron chi connectivity index (χ4n) is 2.84. The third-order valence-electron chi connectivity index (χ3n) is 4.46. The Bertz CT molecular complexity index is 285. The van der Waals surface area contributed by atoms with E-state index < -0.39 is 12.2 Å². The molecule has 19 heavy (non-hydrogen) atoms. The highest BCUT2D eigenvalue weighted by Crippen LogP contribution is 2.25. The summed E-state index contributed by atoms with van der Waals surface area (Å²) < 4.78 is 5.81. The van der Waals surface area contributed by atoms with Gasteiger partial charge in [-0.15, -0.1) is 0 Å². The topological polar surface area (TPSA) is 58.6 Å². The first-order chi connectivity index (χ1) is 9.16. The monoisotopic (exact) mass is 269 g/mol. The molecule has 2 saturated carbocycles. The Hall–Kier alpha value is -0.610. The van der Waals surface area contributed by atoms with Crippen LogP contribution in [-0.4, -0.2) is 35.9 Å². The molecule has 2 fully saturated rings. The summed E-state index contributed by atoms with van der Waals surface area (Å²) in [6, 6.07) is 0. The van der Waals surface area contributed by atoms with Gasteiger partial charge < -0.3 is 15.2 Å². The molecule has 4 nitrogen and oxygen atoms in total. The van der Waals surface area contributed by atoms with Crippen molar-refractivity contribution >= 4 is 5.91 Å². The van der Waals surface area contributed by atoms with E-state index >= 15 is 0 Å². The van der Waals surface area contributed by atoms with Gasteiger partial charge in [0.25, 0.3) is 5.91 Å². The number of amides is 1. The second-order valence-corrected chi connectivity index (χ2v) is 6.09. The van der Waals surface area contributed by atoms with Gasteiger partial charge in [0.2, 0.25) is 0 Å². The lowest BCUT2D eigenvalue weighted by Crippen LogP contribution is -2.45. The normalized spacial score (nSPS) is 24.5. The third-order valence-corrected chi connectivity index (χ3v) is 4.46. The van der Waals surface area contributed by atoms with Crippen LogP contribution in [0.15, 0.2) is 0 Å². The van der Waals surface area contributed by atoms with Gasteiger partial charge in [-0.1, -0.05) is 25.7 Å². The van der Waals surface area contributed by atoms with Crippen LogP contribution >= 0.6 is 0 Å². The number of carbonyl (C=O) groups excluding carboxylic acids is 1. The molecular formula is C15H27NO3. The number of hydrogen-bond donors (Lipinski definition) is 2. The lowest BCUT2D eigenvalue weighted by molar-refractivity contribution is -0.142. The van der Waals surface area contributed by atoms with Crippen molar-refractivity contribution in [2.75, 3.05) is 6.54 Å². The van der Waals surface area contributed by atoms with Crippen molar-refractivity contribution in [3.05, 3.63) is 0 Å². The molecule has 2 aliphatic carbocycles. The lowest BCUT2D eigenvalue weighted by Gasteiger charge is -2.29. The molecule has 0 saturated heterocycles. The van der Waals surface area contributed by atoms with Crippen molar-refractivity contribution in [2.45, 2.75) is 76.6 Å². The number of ether oxygens (including phenoxy) is 1. The van der Waals surface area contributed by atoms with Crippen LogP contribution in [0.4, 0.5) is 0 Å². The van der Waals surface area contributed by atoms with Gasteiger partial charge in [0.05, 0.1) is 12.2 Å². The molecule has 0 aromatic carbocycles. The molecule has 2 aliphatic rings. The average Bonchev–Trinajstić information content (AvgIpc) is 2.37. The van der Waals surface area contributed by atoms with Gasteiger partial charge in [-0.3, -0.25) is 4.79 Å². The molecule has 0 radical (unpaired) electrons. The van der Waals surface area contributed by atoms with E-state index in [1.807, 2.05) is 0 Å². The highest BCUT2D eigenvalue weighted by Gasteiger charge is 2.27. The Balaban J connectivity index is 1.67. The van der Waals surface area contributed by atoms with Gasteiger partial charge in [0.1, 0.15) is 0 Å². The van der Waals surface area contributed by atoms with Crippen LogP contribution in [0.3, 0.4) is 0 Å². The highest BCUT2D eigenvalue weighted by molar-refractivity contribution is 5.81. The van der Waals surface area contributed by atoms with E-state index in [0.29, 0.717) is 12.5 Å². The largest absolute Gasteiger partial charge is 0.381 e. The Labute approximate surface area is 115 Å². The highest BCUT2D eigenvalue weighted by atomic mass is 16.5. The van der Waals surface area contributed by atoms with Crippen molar-refractivity contribution in [2.24, 2.45) is 5.92 Å². The molecule has 0 bridgehead atoms. The van der Waals surface area contributed by atoms with E-state index in [1.54, 1.807) is 6.92 Å². The van der Waals surface area contributed by atoms with Crippen molar-refractivity contribution in [3.63, 3.8) is 0 Å². The minimum atomic E-state index is -1.04. The molecule has 2 N–H and O–H groups in total. The predicted octanol–water partition coefficient (Wildman–Crippen LogP) is 2.00. The molecule has 2 unspecified atom stereocenters. The number of carbonyl (C=O) groups is 1. The molecule has 0 spiro atoms. The van der Waals surface area contributed by atoms with Gasteiger partial charge >= 0.3 is 0 Å². The van der Waals surface area contributed by atoms with Crippen molar-refractivity contribution in [3.8, 4) is 0 Å². The number of hydrogen-bond acceptors (Lipinski definition) is 3. The number of aliphatic hydroxyl groups is 1. The van der Waals surface area contributed by atoms with Crippen LogP contribution in [0.2, 0.25) is 0 Å². The van der Waals surface area contributed by atoms with Gasteiger partial charge in [0, 0.05) is 6.54 Å². The summed E-state index contributed by atoms with van der Waals surface area (Å²) in [5, 5.41) is 12.8. The number of aliphatic hydroxyl groups excluding tert-OH is 1. The molecular weight excluding hydrogens is 242 g/mol. The maximum absolute atomic E-state index is 11.8. The average molecular weight is 269 g/mol. The van der Waals surface area contributed by atoms with Crippen LogP contribution in [-0.2, 0) is 9.53 Å². The summed E-state index contributed by atoms with van der Waals surface area (Å²) in [4.78, 5) is 11.8. The summed E-state index contributed by atoms with van der Waals surface area (Å²) in [5.41, 5.74) is 0. The van der Waals surface area contributed by atoms with Crippen LogP contribution in [0.1, 0.15) is 58.3 Å². The fraction of sp³-hybridized carbons (Fsp3) is 0.933. The van der Waals surface area contributed by atoms with Crippen LogP contribution in [0.5, 0.6) is 0 Å². The Kier molecular flexibility index (Phi) is 5.64. The first kappa shape index (κ1) is 14.8. The summed E-state index contributed by atoms with van der Waals surface area (Å²) in [6.07, 6.45) is 8.21. The first-order valence-corrected chi connectivity index (χ1v) is 7.78. The lowest BCUT2D eigenvalue weighted by atomic mass is 9.85. The van der Waals surface area contributed by atoms with Crippen LogP contribution < -0.4 is 5.32 Å². The van der Waals surface area contributed by atoms with Gasteiger partial charge in [-0.25, -0.2) is 0 Å². The third kappa shape index (κ3) is 4.46. The maximum Gasteiger partial charge on any atom is 0.251 e. The smallest absolute Gasteiger partial charge is 0.251 e. The summed E-state index contributed by atoms with van der Waals surface area (Å²) >= 11 is 0. The summed E-state index contributed by atoms with van der Waals surface area (Å²) in [5.74, 6) is 0.334. The van der Waals surface area contributed by atoms with E-state index in [2.05, 4.69) is 5.32 Å². The van der Waals surface area contributed by atoms with Crippen molar-refractivity contribution < 1.29 is 14.6 Å². The predicted molar refractivity (Wildman–Crippen MR) is 73.8 cm³/mol. The minimum absolute atomic E-state index is 0.220. The standard InChI is InChI=1S/C15H27NO3/c1-11(19-13-8-3-2-4-9-13)14(17)15(18)16-10-12-6-5-7-12/h11-14,17H,2-10H2,1H3,(H,16,18). The van der Waals surface area contributed by atoms with Crippen LogP contribution in [0, 0.1) is 5.92 Å². The van der Waals surface area contributed by atoms with Crippen molar-refractivity contribution in [1.29, 1.82) is 0 Å². The summed E-state index contributed by atoms with van der Waals surface area (Å²) in [6.45, 7) is 2.49. The molecule has 1 amide bonds. The van der Waals surface area contributed by atoms with E-state index in [-0.39, 0.29) is 12.0 Å². The zero-order chi connectivity index (χ0) is 13.7. The Morgan fingerprint density at radius 3 is 2.47 bits per heavy atom. The Morgan fingerprint density at radius 2 is 1.89 bits per heavy atom. The van der Waals surface area contributed by atoms with Gasteiger partial charge in [0.15, 0.2) is 6.10 Å². The number of rotatable bonds is 6.